The van der Waals surface area contributed by atoms with Crippen LogP contribution in [0, 0.1) is 12.8 Å². The predicted octanol–water partition coefficient (Wildman–Crippen LogP) is 4.63. The quantitative estimate of drug-likeness (QED) is 0.498. The van der Waals surface area contributed by atoms with Crippen LogP contribution in [0.15, 0.2) is 29.2 Å². The first-order valence-corrected chi connectivity index (χ1v) is 11.6. The normalized spacial score (nSPS) is 19.0. The van der Waals surface area contributed by atoms with Crippen LogP contribution in [-0.4, -0.2) is 53.0 Å². The van der Waals surface area contributed by atoms with Crippen molar-refractivity contribution in [3.05, 3.63) is 40.3 Å². The summed E-state index contributed by atoms with van der Waals surface area (Å²) in [5.41, 5.74) is 3.11. The molecule has 30 heavy (non-hydrogen) atoms. The number of carbonyl (C=O) groups is 1. The van der Waals surface area contributed by atoms with Crippen molar-refractivity contribution < 1.29 is 9.53 Å². The van der Waals surface area contributed by atoms with Gasteiger partial charge in [-0.2, -0.15) is 0 Å². The van der Waals surface area contributed by atoms with Gasteiger partial charge in [0, 0.05) is 30.6 Å². The van der Waals surface area contributed by atoms with Crippen LogP contribution in [0.5, 0.6) is 0 Å². The van der Waals surface area contributed by atoms with Crippen molar-refractivity contribution in [3.63, 3.8) is 0 Å². The van der Waals surface area contributed by atoms with Gasteiger partial charge in [0.2, 0.25) is 0 Å². The van der Waals surface area contributed by atoms with Crippen molar-refractivity contribution in [2.45, 2.75) is 27.2 Å². The lowest BCUT2D eigenvalue weighted by atomic mass is 10.1. The summed E-state index contributed by atoms with van der Waals surface area (Å²) in [6.45, 7) is 10.0. The van der Waals surface area contributed by atoms with E-state index in [2.05, 4.69) is 49.9 Å². The topological polar surface area (TPSA) is 45.7 Å². The van der Waals surface area contributed by atoms with Crippen LogP contribution >= 0.6 is 24.0 Å². The molecule has 0 radical (unpaired) electrons. The largest absolute Gasteiger partial charge is 0.378 e. The van der Waals surface area contributed by atoms with Gasteiger partial charge >= 0.3 is 0 Å². The van der Waals surface area contributed by atoms with E-state index in [0.29, 0.717) is 34.9 Å². The molecule has 7 heteroatoms. The molecule has 5 nitrogen and oxygen atoms in total. The number of thioether (sulfide) groups is 1. The van der Waals surface area contributed by atoms with E-state index in [0.717, 1.165) is 41.8 Å². The molecule has 0 unspecified atom stereocenters. The Bertz CT molecular complexity index is 1010. The van der Waals surface area contributed by atoms with Gasteiger partial charge in [-0.05, 0) is 43.5 Å². The molecule has 4 rings (SSSR count). The van der Waals surface area contributed by atoms with Crippen LogP contribution in [-0.2, 0) is 9.53 Å². The SMILES string of the molecule is Cc1ccc2nc(N3CCOCC3)c(/C=C3\SC(=S)N(CCC(C)C)C3=O)cc2c1. The second-order valence-corrected chi connectivity index (χ2v) is 9.89. The number of fused-ring (bicyclic) bond motifs is 1. The zero-order valence-corrected chi connectivity index (χ0v) is 19.3. The van der Waals surface area contributed by atoms with Crippen molar-refractivity contribution in [3.8, 4) is 0 Å². The van der Waals surface area contributed by atoms with E-state index < -0.39 is 0 Å². The summed E-state index contributed by atoms with van der Waals surface area (Å²) in [6.07, 6.45) is 2.91. The Morgan fingerprint density at radius 3 is 2.77 bits per heavy atom. The maximum absolute atomic E-state index is 13.0. The molecule has 2 saturated heterocycles. The molecule has 0 aliphatic carbocycles. The van der Waals surface area contributed by atoms with E-state index in [-0.39, 0.29) is 5.91 Å². The van der Waals surface area contributed by atoms with Crippen molar-refractivity contribution in [1.29, 1.82) is 0 Å². The van der Waals surface area contributed by atoms with Crippen LogP contribution in [0.3, 0.4) is 0 Å². The molecule has 0 saturated carbocycles. The van der Waals surface area contributed by atoms with Gasteiger partial charge in [0.1, 0.15) is 10.1 Å². The summed E-state index contributed by atoms with van der Waals surface area (Å²) in [5, 5.41) is 1.08. The number of anilines is 1. The van der Waals surface area contributed by atoms with E-state index in [1.54, 1.807) is 4.90 Å². The van der Waals surface area contributed by atoms with E-state index in [9.17, 15) is 4.79 Å². The Kier molecular flexibility index (Phi) is 6.41. The first-order valence-electron chi connectivity index (χ1n) is 10.4. The van der Waals surface area contributed by atoms with Crippen LogP contribution in [0.1, 0.15) is 31.4 Å². The minimum absolute atomic E-state index is 0.00270. The number of pyridine rings is 1. The number of hydrogen-bond acceptors (Lipinski definition) is 6. The third kappa shape index (κ3) is 4.53. The standard InChI is InChI=1S/C23H27N3O2S2/c1-15(2)6-7-26-22(27)20(30-23(26)29)14-18-13-17-12-16(3)4-5-19(17)24-21(18)25-8-10-28-11-9-25/h4-5,12-15H,6-11H2,1-3H3/b20-14-. The molecule has 2 aromatic rings. The van der Waals surface area contributed by atoms with E-state index in [1.807, 2.05) is 6.08 Å². The highest BCUT2D eigenvalue weighted by atomic mass is 32.2. The maximum atomic E-state index is 13.0. The second-order valence-electron chi connectivity index (χ2n) is 8.21. The lowest BCUT2D eigenvalue weighted by molar-refractivity contribution is -0.122. The molecular weight excluding hydrogens is 414 g/mol. The van der Waals surface area contributed by atoms with Gasteiger partial charge < -0.3 is 9.64 Å². The zero-order valence-electron chi connectivity index (χ0n) is 17.7. The van der Waals surface area contributed by atoms with Crippen molar-refractivity contribution in [2.75, 3.05) is 37.7 Å². The first kappa shape index (κ1) is 21.3. The molecule has 3 heterocycles. The van der Waals surface area contributed by atoms with Gasteiger partial charge in [0.25, 0.3) is 5.91 Å². The number of hydrogen-bond donors (Lipinski definition) is 0. The molecule has 0 N–H and O–H groups in total. The molecule has 158 valence electrons. The number of morpholine rings is 1. The summed E-state index contributed by atoms with van der Waals surface area (Å²) in [6, 6.07) is 8.42. The first-order chi connectivity index (χ1) is 14.4. The molecular formula is C23H27N3O2S2. The van der Waals surface area contributed by atoms with Gasteiger partial charge in [-0.15, -0.1) is 0 Å². The zero-order chi connectivity index (χ0) is 21.3. The number of amides is 1. The van der Waals surface area contributed by atoms with Crippen molar-refractivity contribution in [1.82, 2.24) is 9.88 Å². The number of carbonyl (C=O) groups excluding carboxylic acids is 1. The molecule has 1 amide bonds. The summed E-state index contributed by atoms with van der Waals surface area (Å²) in [7, 11) is 0. The third-order valence-corrected chi connectivity index (χ3v) is 6.76. The van der Waals surface area contributed by atoms with Crippen molar-refractivity contribution in [2.24, 2.45) is 5.92 Å². The molecule has 2 aliphatic heterocycles. The molecule has 1 aromatic heterocycles. The molecule has 2 fully saturated rings. The number of rotatable bonds is 5. The summed E-state index contributed by atoms with van der Waals surface area (Å²) in [4.78, 5) is 22.6. The summed E-state index contributed by atoms with van der Waals surface area (Å²) >= 11 is 6.89. The van der Waals surface area contributed by atoms with Crippen LogP contribution in [0.25, 0.3) is 17.0 Å². The Hall–Kier alpha value is -1.96. The molecule has 0 bridgehead atoms. The van der Waals surface area contributed by atoms with Gasteiger partial charge in [0.15, 0.2) is 0 Å². The molecule has 1 aromatic carbocycles. The number of aryl methyl sites for hydroxylation is 1. The lowest BCUT2D eigenvalue weighted by Gasteiger charge is -2.29. The fourth-order valence-electron chi connectivity index (χ4n) is 3.66. The highest BCUT2D eigenvalue weighted by Crippen LogP contribution is 2.35. The Balaban J connectivity index is 1.73. The van der Waals surface area contributed by atoms with Gasteiger partial charge in [-0.3, -0.25) is 9.69 Å². The Morgan fingerprint density at radius 2 is 2.03 bits per heavy atom. The van der Waals surface area contributed by atoms with E-state index in [1.165, 1.54) is 17.3 Å². The molecule has 2 aliphatic rings. The Labute approximate surface area is 187 Å². The average Bonchev–Trinajstić information content (AvgIpc) is 2.99. The fourth-order valence-corrected chi connectivity index (χ4v) is 4.96. The van der Waals surface area contributed by atoms with E-state index in [4.69, 9.17) is 21.9 Å². The number of nitrogens with zero attached hydrogens (tertiary/aromatic N) is 3. The van der Waals surface area contributed by atoms with Gasteiger partial charge in [-0.1, -0.05) is 49.5 Å². The highest BCUT2D eigenvalue weighted by Gasteiger charge is 2.32. The summed E-state index contributed by atoms with van der Waals surface area (Å²) < 4.78 is 6.17. The number of aromatic nitrogens is 1. The monoisotopic (exact) mass is 441 g/mol. The predicted molar refractivity (Wildman–Crippen MR) is 129 cm³/mol. The number of thiocarbonyl (C=S) groups is 1. The molecule has 0 atom stereocenters. The minimum Gasteiger partial charge on any atom is -0.378 e. The van der Waals surface area contributed by atoms with Crippen LogP contribution in [0.4, 0.5) is 5.82 Å². The lowest BCUT2D eigenvalue weighted by Crippen LogP contribution is -2.37. The average molecular weight is 442 g/mol. The van der Waals surface area contributed by atoms with Gasteiger partial charge in [-0.25, -0.2) is 4.98 Å². The van der Waals surface area contributed by atoms with Crippen LogP contribution in [0.2, 0.25) is 0 Å². The fraction of sp³-hybridized carbons (Fsp3) is 0.435. The number of benzene rings is 1. The third-order valence-electron chi connectivity index (χ3n) is 5.38. The maximum Gasteiger partial charge on any atom is 0.266 e. The summed E-state index contributed by atoms with van der Waals surface area (Å²) in [5.74, 6) is 1.43. The number of ether oxygens (including phenoxy) is 1. The minimum atomic E-state index is 0.00270. The smallest absolute Gasteiger partial charge is 0.266 e. The Morgan fingerprint density at radius 1 is 1.27 bits per heavy atom. The van der Waals surface area contributed by atoms with Gasteiger partial charge in [0.05, 0.1) is 23.6 Å². The molecule has 0 spiro atoms. The highest BCUT2D eigenvalue weighted by molar-refractivity contribution is 8.26. The van der Waals surface area contributed by atoms with E-state index >= 15 is 0 Å². The second kappa shape index (κ2) is 9.04. The van der Waals surface area contributed by atoms with Crippen molar-refractivity contribution >= 4 is 57.0 Å². The van der Waals surface area contributed by atoms with Crippen LogP contribution < -0.4 is 4.90 Å².